The monoisotopic (exact) mass is 241 g/mol. The maximum Gasteiger partial charge on any atom is 0.391 e. The summed E-state index contributed by atoms with van der Waals surface area (Å²) >= 11 is 1.06. The zero-order valence-corrected chi connectivity index (χ0v) is 11.4. The summed E-state index contributed by atoms with van der Waals surface area (Å²) in [5.41, 5.74) is 4.16. The topological polar surface area (TPSA) is 61.5 Å². The lowest BCUT2D eigenvalue weighted by molar-refractivity contribution is 0.0532. The van der Waals surface area contributed by atoms with Gasteiger partial charge in [0.1, 0.15) is 5.72 Å². The summed E-state index contributed by atoms with van der Waals surface area (Å²) in [4.78, 5) is 0. The molecule has 0 aromatic heterocycles. The van der Waals surface area contributed by atoms with Crippen LogP contribution < -0.4 is 5.73 Å². The van der Waals surface area contributed by atoms with E-state index in [1.54, 1.807) is 20.1 Å². The van der Waals surface area contributed by atoms with Gasteiger partial charge < -0.3 is 5.73 Å². The Morgan fingerprint density at radius 2 is 1.57 bits per heavy atom. The fourth-order valence-electron chi connectivity index (χ4n) is 0.717. The molecule has 0 rings (SSSR count). The number of nitrogens with two attached hydrogens (primary N) is 1. The van der Waals surface area contributed by atoms with E-state index < -0.39 is 18.1 Å². The van der Waals surface area contributed by atoms with Gasteiger partial charge in [-0.05, 0) is 52.3 Å². The fraction of sp³-hybridized carbons (Fsp3) is 1.00. The molecule has 14 heavy (non-hydrogen) atoms. The van der Waals surface area contributed by atoms with Gasteiger partial charge in [0.05, 0.1) is 5.60 Å². The average Bonchev–Trinajstić information content (AvgIpc) is 1.78. The van der Waals surface area contributed by atoms with Crippen molar-refractivity contribution >= 4 is 18.2 Å². The smallest absolute Gasteiger partial charge is 0.304 e. The van der Waals surface area contributed by atoms with E-state index in [2.05, 4.69) is 0 Å². The van der Waals surface area contributed by atoms with Crippen molar-refractivity contribution in [2.75, 3.05) is 6.26 Å². The number of hydrogen-bond acceptors (Lipinski definition) is 5. The molecule has 0 radical (unpaired) electrons. The Morgan fingerprint density at radius 3 is 1.79 bits per heavy atom. The van der Waals surface area contributed by atoms with Gasteiger partial charge in [0.25, 0.3) is 0 Å². The number of hydrogen-bond donors (Lipinski definition) is 1. The summed E-state index contributed by atoms with van der Waals surface area (Å²) in [6, 6.07) is 0. The summed E-state index contributed by atoms with van der Waals surface area (Å²) in [5, 5.41) is 0. The Hall–Kier alpha value is 0.460. The van der Waals surface area contributed by atoms with Crippen LogP contribution in [0.15, 0.2) is 0 Å². The molecular weight excluding hydrogens is 221 g/mol. The van der Waals surface area contributed by atoms with Crippen LogP contribution in [0.3, 0.4) is 0 Å². The van der Waals surface area contributed by atoms with Crippen molar-refractivity contribution in [1.82, 2.24) is 0 Å². The van der Waals surface area contributed by atoms with Gasteiger partial charge in [0, 0.05) is 0 Å². The Labute approximate surface area is 90.2 Å². The molecule has 0 aliphatic rings. The average molecular weight is 241 g/mol. The highest BCUT2D eigenvalue weighted by Gasteiger charge is 2.34. The summed E-state index contributed by atoms with van der Waals surface area (Å²) < 4.78 is 22.6. The Kier molecular flexibility index (Phi) is 4.69. The van der Waals surface area contributed by atoms with Crippen LogP contribution >= 0.6 is 18.2 Å². The van der Waals surface area contributed by atoms with E-state index in [0.29, 0.717) is 0 Å². The van der Waals surface area contributed by atoms with E-state index >= 15 is 0 Å². The maximum atomic E-state index is 12.1. The first-order valence-corrected chi connectivity index (χ1v) is 7.71. The highest BCUT2D eigenvalue weighted by Crippen LogP contribution is 2.62. The predicted octanol–water partition coefficient (Wildman–Crippen LogP) is 2.98. The molecule has 0 heterocycles. The molecule has 2 N–H and O–H groups in total. The molecule has 0 saturated heterocycles. The van der Waals surface area contributed by atoms with Crippen LogP contribution in [0.4, 0.5) is 0 Å². The van der Waals surface area contributed by atoms with Gasteiger partial charge in [-0.1, -0.05) is 0 Å². The third-order valence-corrected chi connectivity index (χ3v) is 4.66. The van der Waals surface area contributed by atoms with Crippen molar-refractivity contribution in [3.63, 3.8) is 0 Å². The number of rotatable bonds is 4. The van der Waals surface area contributed by atoms with Crippen molar-refractivity contribution < 1.29 is 13.6 Å². The zero-order chi connectivity index (χ0) is 11.6. The molecule has 1 unspecified atom stereocenters. The van der Waals surface area contributed by atoms with E-state index in [9.17, 15) is 4.57 Å². The van der Waals surface area contributed by atoms with Crippen LogP contribution in [-0.4, -0.2) is 17.6 Å². The standard InChI is InChI=1S/C8H20NO3PS/c1-7(2,3)11-13(10,14-6)12-8(4,5)9/h9H2,1-6H3. The summed E-state index contributed by atoms with van der Waals surface area (Å²) in [6.07, 6.45) is 1.68. The van der Waals surface area contributed by atoms with E-state index in [1.165, 1.54) is 0 Å². The molecule has 0 fully saturated rings. The minimum atomic E-state index is -3.15. The van der Waals surface area contributed by atoms with Gasteiger partial charge in [-0.15, -0.1) is 0 Å². The van der Waals surface area contributed by atoms with Gasteiger partial charge in [-0.25, -0.2) is 4.57 Å². The second kappa shape index (κ2) is 4.54. The lowest BCUT2D eigenvalue weighted by atomic mass is 10.2. The first-order valence-electron chi connectivity index (χ1n) is 4.34. The molecule has 86 valence electrons. The molecule has 0 aliphatic heterocycles. The van der Waals surface area contributed by atoms with Crippen molar-refractivity contribution in [3.05, 3.63) is 0 Å². The molecule has 0 aromatic carbocycles. The van der Waals surface area contributed by atoms with E-state index in [-0.39, 0.29) is 0 Å². The zero-order valence-electron chi connectivity index (χ0n) is 9.66. The predicted molar refractivity (Wildman–Crippen MR) is 61.3 cm³/mol. The second-order valence-corrected chi connectivity index (χ2v) is 8.59. The summed E-state index contributed by atoms with van der Waals surface area (Å²) in [5.74, 6) is 0. The first-order chi connectivity index (χ1) is 5.97. The van der Waals surface area contributed by atoms with Crippen LogP contribution in [0, 0.1) is 0 Å². The summed E-state index contributed by atoms with van der Waals surface area (Å²) in [7, 11) is 0. The molecule has 0 amide bonds. The Morgan fingerprint density at radius 1 is 1.14 bits per heavy atom. The fourth-order valence-corrected chi connectivity index (χ4v) is 3.84. The Bertz CT molecular complexity index is 212. The van der Waals surface area contributed by atoms with Crippen molar-refractivity contribution in [1.29, 1.82) is 0 Å². The molecular formula is C8H20NO3PS. The highest BCUT2D eigenvalue weighted by molar-refractivity contribution is 8.54. The van der Waals surface area contributed by atoms with E-state index in [1.807, 2.05) is 20.8 Å². The first kappa shape index (κ1) is 14.5. The SMILES string of the molecule is CSP(=O)(OC(C)(C)C)OC(C)(C)N. The van der Waals surface area contributed by atoms with Gasteiger partial charge in [0.2, 0.25) is 0 Å². The largest absolute Gasteiger partial charge is 0.391 e. The third-order valence-electron chi connectivity index (χ3n) is 0.956. The van der Waals surface area contributed by atoms with Crippen molar-refractivity contribution in [2.24, 2.45) is 5.73 Å². The highest BCUT2D eigenvalue weighted by atomic mass is 32.7. The van der Waals surface area contributed by atoms with Crippen molar-refractivity contribution in [2.45, 2.75) is 45.9 Å². The second-order valence-electron chi connectivity index (χ2n) is 4.53. The molecule has 0 aliphatic carbocycles. The minimum Gasteiger partial charge on any atom is -0.304 e. The molecule has 0 spiro atoms. The van der Waals surface area contributed by atoms with Crippen LogP contribution in [0.5, 0.6) is 0 Å². The van der Waals surface area contributed by atoms with Crippen LogP contribution in [0.25, 0.3) is 0 Å². The molecule has 6 heteroatoms. The van der Waals surface area contributed by atoms with E-state index in [4.69, 9.17) is 14.8 Å². The molecule has 0 bridgehead atoms. The maximum absolute atomic E-state index is 12.1. The van der Waals surface area contributed by atoms with E-state index in [0.717, 1.165) is 11.4 Å². The minimum absolute atomic E-state index is 0.510. The van der Waals surface area contributed by atoms with Gasteiger partial charge in [-0.3, -0.25) is 9.05 Å². The van der Waals surface area contributed by atoms with Crippen LogP contribution in [-0.2, 0) is 13.6 Å². The molecule has 1 atom stereocenters. The molecule has 4 nitrogen and oxygen atoms in total. The normalized spacial score (nSPS) is 17.9. The van der Waals surface area contributed by atoms with Gasteiger partial charge in [-0.2, -0.15) is 0 Å². The lowest BCUT2D eigenvalue weighted by Gasteiger charge is -2.30. The molecule has 0 saturated carbocycles. The van der Waals surface area contributed by atoms with Crippen LogP contribution in [0.1, 0.15) is 34.6 Å². The quantitative estimate of drug-likeness (QED) is 0.605. The Balaban J connectivity index is 4.59. The third kappa shape index (κ3) is 6.85. The lowest BCUT2D eigenvalue weighted by Crippen LogP contribution is -2.34. The summed E-state index contributed by atoms with van der Waals surface area (Å²) in [6.45, 7) is 5.60. The van der Waals surface area contributed by atoms with Crippen LogP contribution in [0.2, 0.25) is 0 Å². The van der Waals surface area contributed by atoms with Gasteiger partial charge >= 0.3 is 6.80 Å². The van der Waals surface area contributed by atoms with Gasteiger partial charge in [0.15, 0.2) is 0 Å². The molecule has 0 aromatic rings. The van der Waals surface area contributed by atoms with Crippen molar-refractivity contribution in [3.8, 4) is 0 Å².